The van der Waals surface area contributed by atoms with E-state index >= 15 is 0 Å². The standard InChI is InChI=1S/C21H17N3O3/c1-13-5-10-17(22-20(25)19-4-3-11-26-19)12-18(13)15-6-8-16(9-7-15)21-24-23-14(2)27-21/h3-12H,1-2H3,(H,22,25). The number of aromatic nitrogens is 2. The predicted molar refractivity (Wildman–Crippen MR) is 101 cm³/mol. The van der Waals surface area contributed by atoms with Crippen LogP contribution in [0.5, 0.6) is 0 Å². The molecule has 1 amide bonds. The highest BCUT2D eigenvalue weighted by atomic mass is 16.4. The van der Waals surface area contributed by atoms with E-state index in [-0.39, 0.29) is 11.7 Å². The molecular weight excluding hydrogens is 342 g/mol. The number of nitrogens with zero attached hydrogens (tertiary/aromatic N) is 2. The lowest BCUT2D eigenvalue weighted by atomic mass is 9.98. The molecule has 0 aliphatic rings. The second kappa shape index (κ2) is 6.92. The highest BCUT2D eigenvalue weighted by Gasteiger charge is 2.11. The summed E-state index contributed by atoms with van der Waals surface area (Å²) in [5.74, 6) is 1.02. The van der Waals surface area contributed by atoms with Gasteiger partial charge in [0.15, 0.2) is 5.76 Å². The number of hydrogen-bond acceptors (Lipinski definition) is 5. The highest BCUT2D eigenvalue weighted by Crippen LogP contribution is 2.29. The lowest BCUT2D eigenvalue weighted by Gasteiger charge is -2.10. The first-order chi connectivity index (χ1) is 13.1. The van der Waals surface area contributed by atoms with Crippen LogP contribution in [-0.2, 0) is 0 Å². The van der Waals surface area contributed by atoms with E-state index in [1.165, 1.54) is 6.26 Å². The smallest absolute Gasteiger partial charge is 0.291 e. The molecule has 2 aromatic heterocycles. The Balaban J connectivity index is 1.60. The van der Waals surface area contributed by atoms with Crippen molar-refractivity contribution >= 4 is 11.6 Å². The van der Waals surface area contributed by atoms with Crippen LogP contribution in [0, 0.1) is 13.8 Å². The number of hydrogen-bond donors (Lipinski definition) is 1. The molecule has 6 nitrogen and oxygen atoms in total. The Labute approximate surface area is 155 Å². The van der Waals surface area contributed by atoms with Crippen molar-refractivity contribution in [3.05, 3.63) is 78.1 Å². The Morgan fingerprint density at radius 1 is 0.963 bits per heavy atom. The Hall–Kier alpha value is -3.67. The first-order valence-electron chi connectivity index (χ1n) is 8.46. The topological polar surface area (TPSA) is 81.2 Å². The van der Waals surface area contributed by atoms with Crippen molar-refractivity contribution in [2.75, 3.05) is 5.32 Å². The largest absolute Gasteiger partial charge is 0.459 e. The van der Waals surface area contributed by atoms with E-state index in [1.807, 2.05) is 49.4 Å². The van der Waals surface area contributed by atoms with E-state index in [9.17, 15) is 4.79 Å². The number of benzene rings is 2. The van der Waals surface area contributed by atoms with Gasteiger partial charge in [-0.15, -0.1) is 10.2 Å². The van der Waals surface area contributed by atoms with Gasteiger partial charge >= 0.3 is 0 Å². The Morgan fingerprint density at radius 3 is 2.41 bits per heavy atom. The van der Waals surface area contributed by atoms with Crippen molar-refractivity contribution in [2.45, 2.75) is 13.8 Å². The SMILES string of the molecule is Cc1nnc(-c2ccc(-c3cc(NC(=O)c4ccco4)ccc3C)cc2)o1. The van der Waals surface area contributed by atoms with Gasteiger partial charge in [-0.2, -0.15) is 0 Å². The van der Waals surface area contributed by atoms with Gasteiger partial charge in [-0.1, -0.05) is 18.2 Å². The minimum Gasteiger partial charge on any atom is -0.459 e. The van der Waals surface area contributed by atoms with Gasteiger partial charge in [0.05, 0.1) is 6.26 Å². The van der Waals surface area contributed by atoms with Gasteiger partial charge in [0.2, 0.25) is 11.8 Å². The molecule has 0 aliphatic heterocycles. The van der Waals surface area contributed by atoms with Gasteiger partial charge in [0, 0.05) is 18.2 Å². The van der Waals surface area contributed by atoms with Gasteiger partial charge in [-0.25, -0.2) is 0 Å². The molecule has 0 spiro atoms. The first kappa shape index (κ1) is 16.8. The van der Waals surface area contributed by atoms with E-state index in [0.29, 0.717) is 17.5 Å². The second-order valence-electron chi connectivity index (χ2n) is 6.16. The van der Waals surface area contributed by atoms with Crippen molar-refractivity contribution in [1.82, 2.24) is 10.2 Å². The summed E-state index contributed by atoms with van der Waals surface area (Å²) in [5, 5.41) is 10.7. The minimum absolute atomic E-state index is 0.274. The molecule has 4 aromatic rings. The van der Waals surface area contributed by atoms with Crippen molar-refractivity contribution in [1.29, 1.82) is 0 Å². The zero-order valence-corrected chi connectivity index (χ0v) is 14.9. The fraction of sp³-hybridized carbons (Fsp3) is 0.0952. The lowest BCUT2D eigenvalue weighted by Crippen LogP contribution is -2.10. The molecule has 0 aliphatic carbocycles. The van der Waals surface area contributed by atoms with E-state index in [2.05, 4.69) is 15.5 Å². The lowest BCUT2D eigenvalue weighted by molar-refractivity contribution is 0.0996. The van der Waals surface area contributed by atoms with E-state index in [4.69, 9.17) is 8.83 Å². The summed E-state index contributed by atoms with van der Waals surface area (Å²) in [6, 6.07) is 17.0. The summed E-state index contributed by atoms with van der Waals surface area (Å²) in [6.45, 7) is 3.79. The number of rotatable bonds is 4. The quantitative estimate of drug-likeness (QED) is 0.562. The summed E-state index contributed by atoms with van der Waals surface area (Å²) in [7, 11) is 0. The number of amides is 1. The third-order valence-corrected chi connectivity index (χ3v) is 4.21. The summed E-state index contributed by atoms with van der Waals surface area (Å²) in [4.78, 5) is 12.2. The molecule has 2 heterocycles. The van der Waals surface area contributed by atoms with Crippen molar-refractivity contribution in [2.24, 2.45) is 0 Å². The van der Waals surface area contributed by atoms with Crippen LogP contribution in [0.25, 0.3) is 22.6 Å². The molecule has 0 bridgehead atoms. The van der Waals surface area contributed by atoms with Gasteiger partial charge in [0.25, 0.3) is 5.91 Å². The summed E-state index contributed by atoms with van der Waals surface area (Å²) in [6.07, 6.45) is 1.47. The molecule has 0 unspecified atom stereocenters. The third-order valence-electron chi connectivity index (χ3n) is 4.21. The Kier molecular flexibility index (Phi) is 4.30. The molecule has 0 fully saturated rings. The predicted octanol–water partition coefficient (Wildman–Crippen LogP) is 4.87. The molecule has 0 radical (unpaired) electrons. The highest BCUT2D eigenvalue weighted by molar-refractivity contribution is 6.02. The van der Waals surface area contributed by atoms with Crippen LogP contribution in [0.4, 0.5) is 5.69 Å². The number of carbonyl (C=O) groups excluding carboxylic acids is 1. The molecule has 0 saturated heterocycles. The molecule has 0 saturated carbocycles. The maximum absolute atomic E-state index is 12.2. The average molecular weight is 359 g/mol. The summed E-state index contributed by atoms with van der Waals surface area (Å²) >= 11 is 0. The van der Waals surface area contributed by atoms with Gasteiger partial charge in [-0.3, -0.25) is 4.79 Å². The van der Waals surface area contributed by atoms with Crippen LogP contribution in [0.15, 0.2) is 69.7 Å². The third kappa shape index (κ3) is 3.50. The van der Waals surface area contributed by atoms with Crippen molar-refractivity contribution < 1.29 is 13.6 Å². The Bertz CT molecular complexity index is 1080. The molecule has 134 valence electrons. The van der Waals surface area contributed by atoms with Gasteiger partial charge in [0.1, 0.15) is 0 Å². The Morgan fingerprint density at radius 2 is 1.74 bits per heavy atom. The maximum atomic E-state index is 12.2. The fourth-order valence-electron chi connectivity index (χ4n) is 2.82. The normalized spacial score (nSPS) is 10.7. The van der Waals surface area contributed by atoms with Crippen LogP contribution in [0.3, 0.4) is 0 Å². The van der Waals surface area contributed by atoms with Crippen molar-refractivity contribution in [3.8, 4) is 22.6 Å². The molecule has 27 heavy (non-hydrogen) atoms. The van der Waals surface area contributed by atoms with E-state index in [1.54, 1.807) is 19.1 Å². The number of anilines is 1. The minimum atomic E-state index is -0.281. The number of nitrogens with one attached hydrogen (secondary N) is 1. The summed E-state index contributed by atoms with van der Waals surface area (Å²) < 4.78 is 10.6. The maximum Gasteiger partial charge on any atom is 0.291 e. The number of carbonyl (C=O) groups is 1. The zero-order valence-electron chi connectivity index (χ0n) is 14.9. The first-order valence-corrected chi connectivity index (χ1v) is 8.46. The van der Waals surface area contributed by atoms with Crippen molar-refractivity contribution in [3.63, 3.8) is 0 Å². The molecular formula is C21H17N3O3. The second-order valence-corrected chi connectivity index (χ2v) is 6.16. The number of aryl methyl sites for hydroxylation is 2. The van der Waals surface area contributed by atoms with Crippen LogP contribution >= 0.6 is 0 Å². The molecule has 1 N–H and O–H groups in total. The number of furan rings is 1. The zero-order chi connectivity index (χ0) is 18.8. The fourth-order valence-corrected chi connectivity index (χ4v) is 2.82. The van der Waals surface area contributed by atoms with Gasteiger partial charge < -0.3 is 14.2 Å². The molecule has 6 heteroatoms. The van der Waals surface area contributed by atoms with E-state index < -0.39 is 0 Å². The molecule has 4 rings (SSSR count). The van der Waals surface area contributed by atoms with E-state index in [0.717, 1.165) is 22.3 Å². The molecule has 0 atom stereocenters. The van der Waals surface area contributed by atoms with Crippen LogP contribution in [-0.4, -0.2) is 16.1 Å². The summed E-state index contributed by atoms with van der Waals surface area (Å²) in [5.41, 5.74) is 4.72. The van der Waals surface area contributed by atoms with Crippen LogP contribution in [0.1, 0.15) is 22.0 Å². The van der Waals surface area contributed by atoms with Crippen LogP contribution < -0.4 is 5.32 Å². The average Bonchev–Trinajstić information content (AvgIpc) is 3.35. The van der Waals surface area contributed by atoms with Gasteiger partial charge in [-0.05, 0) is 60.0 Å². The monoisotopic (exact) mass is 359 g/mol. The molecule has 2 aromatic carbocycles. The van der Waals surface area contributed by atoms with Crippen LogP contribution in [0.2, 0.25) is 0 Å².